The highest BCUT2D eigenvalue weighted by Gasteiger charge is 2.26. The molecule has 0 aliphatic carbocycles. The average molecular weight is 402 g/mol. The van der Waals surface area contributed by atoms with Gasteiger partial charge in [-0.2, -0.15) is 0 Å². The molecule has 4 aromatic rings. The summed E-state index contributed by atoms with van der Waals surface area (Å²) in [5, 5.41) is 1.26. The van der Waals surface area contributed by atoms with E-state index in [1.54, 1.807) is 0 Å². The number of hydrogen-bond acceptors (Lipinski definition) is 2. The highest BCUT2D eigenvalue weighted by molar-refractivity contribution is 5.95. The van der Waals surface area contributed by atoms with Crippen molar-refractivity contribution in [2.75, 3.05) is 6.61 Å². The summed E-state index contributed by atoms with van der Waals surface area (Å²) in [7, 11) is 0. The Morgan fingerprint density at radius 1 is 0.967 bits per heavy atom. The van der Waals surface area contributed by atoms with Gasteiger partial charge in [-0.05, 0) is 41.8 Å². The van der Waals surface area contributed by atoms with Gasteiger partial charge in [-0.25, -0.2) is 13.8 Å². The van der Waals surface area contributed by atoms with Crippen LogP contribution < -0.4 is 0 Å². The van der Waals surface area contributed by atoms with Gasteiger partial charge in [0.2, 0.25) is 5.90 Å². The average Bonchev–Trinajstić information content (AvgIpc) is 3.34. The number of hydrogen-bond donors (Lipinski definition) is 0. The van der Waals surface area contributed by atoms with Gasteiger partial charge in [0.05, 0.1) is 0 Å². The minimum Gasteiger partial charge on any atom is -0.475 e. The zero-order valence-electron chi connectivity index (χ0n) is 16.5. The first-order valence-electron chi connectivity index (χ1n) is 9.88. The van der Waals surface area contributed by atoms with Crippen LogP contribution in [0.3, 0.4) is 0 Å². The molecule has 3 nitrogen and oxygen atoms in total. The Bertz CT molecular complexity index is 1240. The van der Waals surface area contributed by atoms with Crippen LogP contribution in [0.4, 0.5) is 8.78 Å². The van der Waals surface area contributed by atoms with Crippen molar-refractivity contribution < 1.29 is 13.5 Å². The second-order valence-electron chi connectivity index (χ2n) is 7.56. The van der Waals surface area contributed by atoms with Gasteiger partial charge >= 0.3 is 0 Å². The maximum absolute atomic E-state index is 14.0. The van der Waals surface area contributed by atoms with Crippen molar-refractivity contribution in [2.24, 2.45) is 4.99 Å². The molecule has 0 saturated carbocycles. The largest absolute Gasteiger partial charge is 0.475 e. The third-order valence-electron chi connectivity index (χ3n) is 5.53. The summed E-state index contributed by atoms with van der Waals surface area (Å²) < 4.78 is 35.8. The first kappa shape index (κ1) is 18.6. The van der Waals surface area contributed by atoms with Gasteiger partial charge in [0.1, 0.15) is 29.8 Å². The lowest BCUT2D eigenvalue weighted by Crippen LogP contribution is -2.07. The predicted molar refractivity (Wildman–Crippen MR) is 114 cm³/mol. The van der Waals surface area contributed by atoms with Crippen LogP contribution >= 0.6 is 0 Å². The SMILES string of the molecule is Cc1cn(Cc2ccc(C3COC(c4c(F)cccc4F)=N3)cc2)c2ccccc12. The van der Waals surface area contributed by atoms with Gasteiger partial charge in [0.15, 0.2) is 0 Å². The third-order valence-corrected chi connectivity index (χ3v) is 5.53. The molecule has 0 radical (unpaired) electrons. The summed E-state index contributed by atoms with van der Waals surface area (Å²) in [5.41, 5.74) is 4.39. The molecule has 3 aromatic carbocycles. The lowest BCUT2D eigenvalue weighted by molar-refractivity contribution is 0.317. The molecule has 5 heteroatoms. The van der Waals surface area contributed by atoms with Gasteiger partial charge in [-0.1, -0.05) is 48.5 Å². The van der Waals surface area contributed by atoms with Crippen LogP contribution in [0.1, 0.15) is 28.3 Å². The van der Waals surface area contributed by atoms with Crippen molar-refractivity contribution in [3.05, 3.63) is 107 Å². The van der Waals surface area contributed by atoms with Crippen LogP contribution in [0.5, 0.6) is 0 Å². The number of benzene rings is 3. The van der Waals surface area contributed by atoms with Gasteiger partial charge in [-0.15, -0.1) is 0 Å². The number of ether oxygens (including phenoxy) is 1. The van der Waals surface area contributed by atoms with Crippen LogP contribution in [0.2, 0.25) is 0 Å². The van der Waals surface area contributed by atoms with E-state index in [2.05, 4.69) is 59.1 Å². The highest BCUT2D eigenvalue weighted by atomic mass is 19.1. The summed E-state index contributed by atoms with van der Waals surface area (Å²) in [6, 6.07) is 20.0. The van der Waals surface area contributed by atoms with Crippen LogP contribution in [-0.4, -0.2) is 17.1 Å². The quantitative estimate of drug-likeness (QED) is 0.424. The van der Waals surface area contributed by atoms with E-state index in [1.165, 1.54) is 40.2 Å². The molecule has 1 atom stereocenters. The molecule has 1 unspecified atom stereocenters. The van der Waals surface area contributed by atoms with Crippen molar-refractivity contribution in [1.82, 2.24) is 4.57 Å². The Kier molecular flexibility index (Phi) is 4.58. The minimum absolute atomic E-state index is 0.0222. The highest BCUT2D eigenvalue weighted by Crippen LogP contribution is 2.28. The number of rotatable bonds is 4. The van der Waals surface area contributed by atoms with Crippen molar-refractivity contribution in [2.45, 2.75) is 19.5 Å². The maximum atomic E-state index is 14.0. The standard InChI is InChI=1S/C25H20F2N2O/c1-16-13-29(23-8-3-2-5-19(16)23)14-17-9-11-18(12-10-17)22-15-30-25(28-22)24-20(26)6-4-7-21(24)27/h2-13,22H,14-15H2,1H3. The monoisotopic (exact) mass is 402 g/mol. The summed E-state index contributed by atoms with van der Waals surface area (Å²) in [6.45, 7) is 3.16. The molecule has 150 valence electrons. The molecule has 0 fully saturated rings. The zero-order valence-corrected chi connectivity index (χ0v) is 16.5. The number of aliphatic imine (C=N–C) groups is 1. The number of aromatic nitrogens is 1. The fourth-order valence-corrected chi connectivity index (χ4v) is 3.99. The topological polar surface area (TPSA) is 26.5 Å². The Hall–Kier alpha value is -3.47. The van der Waals surface area contributed by atoms with Crippen molar-refractivity contribution >= 4 is 16.8 Å². The predicted octanol–water partition coefficient (Wildman–Crippen LogP) is 5.79. The second kappa shape index (κ2) is 7.41. The van der Waals surface area contributed by atoms with E-state index in [4.69, 9.17) is 4.74 Å². The summed E-state index contributed by atoms with van der Waals surface area (Å²) in [4.78, 5) is 4.42. The van der Waals surface area contributed by atoms with Crippen LogP contribution in [-0.2, 0) is 11.3 Å². The Morgan fingerprint density at radius 3 is 2.47 bits per heavy atom. The smallest absolute Gasteiger partial charge is 0.222 e. The molecule has 5 rings (SSSR count). The zero-order chi connectivity index (χ0) is 20.7. The Balaban J connectivity index is 1.37. The lowest BCUT2D eigenvalue weighted by Gasteiger charge is -2.09. The summed E-state index contributed by atoms with van der Waals surface area (Å²) >= 11 is 0. The first-order chi connectivity index (χ1) is 14.6. The number of nitrogens with zero attached hydrogens (tertiary/aromatic N) is 2. The molecule has 0 saturated heterocycles. The molecule has 1 aliphatic heterocycles. The molecule has 30 heavy (non-hydrogen) atoms. The van der Waals surface area contributed by atoms with Crippen molar-refractivity contribution in [3.63, 3.8) is 0 Å². The van der Waals surface area contributed by atoms with Gasteiger partial charge in [-0.3, -0.25) is 0 Å². The minimum atomic E-state index is -0.668. The molecule has 0 bridgehead atoms. The third kappa shape index (κ3) is 3.26. The number of halogens is 2. The molecule has 0 spiro atoms. The molecule has 2 heterocycles. The lowest BCUT2D eigenvalue weighted by atomic mass is 10.1. The molecule has 1 aromatic heterocycles. The fraction of sp³-hybridized carbons (Fsp3) is 0.160. The Labute approximate surface area is 173 Å². The van der Waals surface area contributed by atoms with E-state index < -0.39 is 11.6 Å². The van der Waals surface area contributed by atoms with Gasteiger partial charge in [0, 0.05) is 23.6 Å². The van der Waals surface area contributed by atoms with E-state index in [9.17, 15) is 8.78 Å². The molecule has 0 amide bonds. The van der Waals surface area contributed by atoms with Gasteiger partial charge in [0.25, 0.3) is 0 Å². The number of para-hydroxylation sites is 1. The van der Waals surface area contributed by atoms with E-state index in [1.807, 2.05) is 12.1 Å². The van der Waals surface area contributed by atoms with Crippen LogP contribution in [0.15, 0.2) is 77.9 Å². The Morgan fingerprint density at radius 2 is 1.70 bits per heavy atom. The normalized spacial score (nSPS) is 16.0. The first-order valence-corrected chi connectivity index (χ1v) is 9.88. The van der Waals surface area contributed by atoms with Crippen molar-refractivity contribution in [1.29, 1.82) is 0 Å². The number of fused-ring (bicyclic) bond motifs is 1. The van der Waals surface area contributed by atoms with E-state index in [0.717, 1.165) is 12.1 Å². The van der Waals surface area contributed by atoms with Crippen LogP contribution in [0, 0.1) is 18.6 Å². The fourth-order valence-electron chi connectivity index (χ4n) is 3.99. The second-order valence-corrected chi connectivity index (χ2v) is 7.56. The molecular formula is C25H20F2N2O. The van der Waals surface area contributed by atoms with Gasteiger partial charge < -0.3 is 9.30 Å². The molecular weight excluding hydrogens is 382 g/mol. The molecule has 1 aliphatic rings. The summed E-state index contributed by atoms with van der Waals surface area (Å²) in [5.74, 6) is -1.31. The van der Waals surface area contributed by atoms with E-state index in [-0.39, 0.29) is 24.1 Å². The van der Waals surface area contributed by atoms with Crippen molar-refractivity contribution in [3.8, 4) is 0 Å². The summed E-state index contributed by atoms with van der Waals surface area (Å²) in [6.07, 6.45) is 2.17. The van der Waals surface area contributed by atoms with E-state index >= 15 is 0 Å². The molecule has 0 N–H and O–H groups in total. The van der Waals surface area contributed by atoms with E-state index in [0.29, 0.717) is 0 Å². The van der Waals surface area contributed by atoms with Crippen LogP contribution in [0.25, 0.3) is 10.9 Å². The maximum Gasteiger partial charge on any atom is 0.222 e. The number of aryl methyl sites for hydroxylation is 1.